The maximum Gasteiger partial charge on any atom is 0.252 e. The van der Waals surface area contributed by atoms with Crippen molar-refractivity contribution in [2.24, 2.45) is 23.3 Å². The van der Waals surface area contributed by atoms with E-state index in [-0.39, 0.29) is 25.7 Å². The normalized spacial score (nSPS) is 15.7. The number of aliphatic hydroxyl groups is 1. The van der Waals surface area contributed by atoms with Gasteiger partial charge < -0.3 is 42.7 Å². The average Bonchev–Trinajstić information content (AvgIpc) is 3.32. The zero-order chi connectivity index (χ0) is 48.3. The molecule has 6 rings (SSSR count). The van der Waals surface area contributed by atoms with Crippen molar-refractivity contribution < 1.29 is 33.7 Å². The zero-order valence-corrected chi connectivity index (χ0v) is 39.3. The van der Waals surface area contributed by atoms with Crippen molar-refractivity contribution in [3.05, 3.63) is 168 Å². The van der Waals surface area contributed by atoms with Crippen LogP contribution in [0.3, 0.4) is 0 Å². The Morgan fingerprint density at radius 1 is 0.493 bits per heavy atom. The number of aliphatic hydroxyl groups excluding tert-OH is 1. The molecule has 0 bridgehead atoms. The van der Waals surface area contributed by atoms with E-state index in [1.54, 1.807) is 88.4 Å². The van der Waals surface area contributed by atoms with Crippen LogP contribution in [0.1, 0.15) is 49.9 Å². The Kier molecular flexibility index (Phi) is 17.2. The highest BCUT2D eigenvalue weighted by Gasteiger charge is 2.45. The first-order chi connectivity index (χ1) is 32.0. The summed E-state index contributed by atoms with van der Waals surface area (Å²) in [6, 6.07) is 38.9. The second-order valence-electron chi connectivity index (χ2n) is 18.0. The van der Waals surface area contributed by atoms with Crippen LogP contribution in [0, 0.1) is 11.8 Å². The van der Waals surface area contributed by atoms with E-state index >= 15 is 0 Å². The number of rotatable bonds is 21. The van der Waals surface area contributed by atoms with Crippen molar-refractivity contribution in [3.63, 3.8) is 0 Å². The first-order valence-corrected chi connectivity index (χ1v) is 24.6. The van der Waals surface area contributed by atoms with Crippen LogP contribution in [0.2, 0.25) is 0 Å². The highest BCUT2D eigenvalue weighted by atomic mass is 31.2. The van der Waals surface area contributed by atoms with E-state index < -0.39 is 84.7 Å². The zero-order valence-electron chi connectivity index (χ0n) is 38.4. The van der Waals surface area contributed by atoms with Gasteiger partial charge in [-0.3, -0.25) is 23.7 Å². The number of benzene rings is 6. The van der Waals surface area contributed by atoms with Crippen LogP contribution in [0.15, 0.2) is 146 Å². The number of nitrogens with two attached hydrogens (primary N) is 2. The van der Waals surface area contributed by atoms with E-state index in [1.165, 1.54) is 0 Å². The molecule has 352 valence electrons. The quantitative estimate of drug-likeness (QED) is 0.0413. The smallest absolute Gasteiger partial charge is 0.252 e. The van der Waals surface area contributed by atoms with Crippen molar-refractivity contribution in [1.82, 2.24) is 21.3 Å². The van der Waals surface area contributed by atoms with Gasteiger partial charge in [0.1, 0.15) is 17.9 Å². The summed E-state index contributed by atoms with van der Waals surface area (Å²) in [5, 5.41) is 27.1. The Hall–Kier alpha value is -6.21. The summed E-state index contributed by atoms with van der Waals surface area (Å²) in [6.07, 6.45) is 0.142. The van der Waals surface area contributed by atoms with Gasteiger partial charge in [0.05, 0.1) is 18.1 Å². The van der Waals surface area contributed by atoms with Crippen LogP contribution in [-0.2, 0) is 49.4 Å². The number of amides is 4. The van der Waals surface area contributed by atoms with Gasteiger partial charge in [-0.15, -0.1) is 0 Å². The Labute approximate surface area is 392 Å². The molecule has 0 radical (unpaired) electrons. The predicted octanol–water partition coefficient (Wildman–Crippen LogP) is 5.72. The lowest BCUT2D eigenvalue weighted by Crippen LogP contribution is -2.58. The number of hydrogen-bond donors (Lipinski definition) is 8. The van der Waals surface area contributed by atoms with Crippen molar-refractivity contribution in [2.45, 2.75) is 95.2 Å². The minimum atomic E-state index is -4.95. The molecule has 6 aromatic rings. The Balaban J connectivity index is 1.22. The standard InChI is InChI=1S/C53H63N6O7P/c1-33(2)47(58-49(60)43(54)31-39-25-15-23-37-21-11-13-27-41(37)39)51(62)56-45(29-35-17-7-5-8-18-35)53(64)67(65,66)46(30-36-19-9-6-10-20-36)57-52(63)48(34(3)4)59-50(61)44(55)32-40-26-16-24-38-22-12-14-28-42(38)40/h5-28,33-34,43-48,53,64H,29-32,54-55H2,1-4H3,(H,56,62)(H,57,63)(H,58,60)(H,59,61)(H,65,66). The maximum atomic E-state index is 15.0. The van der Waals surface area contributed by atoms with E-state index in [0.717, 1.165) is 32.7 Å². The summed E-state index contributed by atoms with van der Waals surface area (Å²) < 4.78 is 15.0. The molecule has 10 N–H and O–H groups in total. The third-order valence-corrected chi connectivity index (χ3v) is 14.5. The van der Waals surface area contributed by atoms with Gasteiger partial charge in [-0.2, -0.15) is 0 Å². The highest BCUT2D eigenvalue weighted by molar-refractivity contribution is 7.59. The van der Waals surface area contributed by atoms with E-state index in [2.05, 4.69) is 21.3 Å². The number of fused-ring (bicyclic) bond motifs is 2. The summed E-state index contributed by atoms with van der Waals surface area (Å²) in [6.45, 7) is 6.94. The SMILES string of the molecule is CC(C)C(NC(=O)C(N)Cc1cccc2ccccc12)C(=O)NC(Cc1ccccc1)C(O)P(=O)(O)C(Cc1ccccc1)NC(=O)C(NC(=O)C(N)Cc1cccc2ccccc12)C(C)C. The van der Waals surface area contributed by atoms with E-state index in [0.29, 0.717) is 11.1 Å². The molecule has 0 aromatic heterocycles. The Bertz CT molecular complexity index is 2670. The van der Waals surface area contributed by atoms with Crippen molar-refractivity contribution in [2.75, 3.05) is 0 Å². The number of nitrogens with one attached hydrogen (secondary N) is 4. The number of carbonyl (C=O) groups is 4. The third-order valence-electron chi connectivity index (χ3n) is 12.2. The molecule has 8 atom stereocenters. The fourth-order valence-electron chi connectivity index (χ4n) is 8.37. The van der Waals surface area contributed by atoms with E-state index in [4.69, 9.17) is 11.5 Å². The van der Waals surface area contributed by atoms with E-state index in [9.17, 15) is 33.7 Å². The fraction of sp³-hybridized carbons (Fsp3) is 0.321. The Morgan fingerprint density at radius 3 is 1.33 bits per heavy atom. The molecule has 6 aromatic carbocycles. The van der Waals surface area contributed by atoms with Gasteiger partial charge in [-0.1, -0.05) is 173 Å². The fourth-order valence-corrected chi connectivity index (χ4v) is 10.2. The van der Waals surface area contributed by atoms with Gasteiger partial charge in [0.15, 0.2) is 5.85 Å². The minimum absolute atomic E-state index is 0.0804. The van der Waals surface area contributed by atoms with Gasteiger partial charge >= 0.3 is 0 Å². The van der Waals surface area contributed by atoms with Crippen LogP contribution in [-0.4, -0.2) is 75.5 Å². The molecule has 0 fully saturated rings. The first kappa shape index (κ1) is 50.2. The summed E-state index contributed by atoms with van der Waals surface area (Å²) in [4.78, 5) is 68.1. The lowest BCUT2D eigenvalue weighted by molar-refractivity contribution is -0.131. The van der Waals surface area contributed by atoms with Crippen molar-refractivity contribution in [3.8, 4) is 0 Å². The monoisotopic (exact) mass is 926 g/mol. The molecule has 0 aliphatic carbocycles. The third kappa shape index (κ3) is 13.0. The minimum Gasteiger partial charge on any atom is -0.381 e. The predicted molar refractivity (Wildman–Crippen MR) is 265 cm³/mol. The van der Waals surface area contributed by atoms with Crippen LogP contribution in [0.25, 0.3) is 21.5 Å². The van der Waals surface area contributed by atoms with E-state index in [1.807, 2.05) is 84.9 Å². The molecule has 0 spiro atoms. The molecule has 0 heterocycles. The summed E-state index contributed by atoms with van der Waals surface area (Å²) in [5.74, 6) is -7.25. The van der Waals surface area contributed by atoms with Crippen molar-refractivity contribution >= 4 is 52.5 Å². The largest absolute Gasteiger partial charge is 0.381 e. The average molecular weight is 927 g/mol. The lowest BCUT2D eigenvalue weighted by atomic mass is 9.97. The lowest BCUT2D eigenvalue weighted by Gasteiger charge is -2.35. The van der Waals surface area contributed by atoms with Gasteiger partial charge in [0, 0.05) is 6.42 Å². The molecular weight excluding hydrogens is 864 g/mol. The summed E-state index contributed by atoms with van der Waals surface area (Å²) in [5.41, 5.74) is 15.9. The van der Waals surface area contributed by atoms with Gasteiger partial charge in [-0.05, 0) is 74.9 Å². The van der Waals surface area contributed by atoms with Gasteiger partial charge in [0.2, 0.25) is 23.6 Å². The van der Waals surface area contributed by atoms with Gasteiger partial charge in [-0.25, -0.2) is 0 Å². The van der Waals surface area contributed by atoms with Crippen LogP contribution in [0.4, 0.5) is 0 Å². The maximum absolute atomic E-state index is 15.0. The topological polar surface area (TPSA) is 226 Å². The molecule has 67 heavy (non-hydrogen) atoms. The molecule has 0 aliphatic rings. The van der Waals surface area contributed by atoms with Crippen LogP contribution < -0.4 is 32.7 Å². The molecule has 8 unspecified atom stereocenters. The molecule has 0 aliphatic heterocycles. The second kappa shape index (κ2) is 23.0. The summed E-state index contributed by atoms with van der Waals surface area (Å²) in [7, 11) is -4.95. The second-order valence-corrected chi connectivity index (χ2v) is 20.5. The first-order valence-electron chi connectivity index (χ1n) is 22.8. The Morgan fingerprint density at radius 2 is 0.881 bits per heavy atom. The molecular formula is C53H63N6O7P. The molecule has 14 heteroatoms. The summed E-state index contributed by atoms with van der Waals surface area (Å²) >= 11 is 0. The van der Waals surface area contributed by atoms with Gasteiger partial charge in [0.25, 0.3) is 7.37 Å². The molecule has 0 saturated carbocycles. The van der Waals surface area contributed by atoms with Crippen LogP contribution >= 0.6 is 7.37 Å². The molecule has 13 nitrogen and oxygen atoms in total. The highest BCUT2D eigenvalue weighted by Crippen LogP contribution is 2.52. The van der Waals surface area contributed by atoms with Crippen molar-refractivity contribution in [1.29, 1.82) is 0 Å². The van der Waals surface area contributed by atoms with Crippen LogP contribution in [0.5, 0.6) is 0 Å². The molecule has 4 amide bonds. The molecule has 0 saturated heterocycles. The number of carbonyl (C=O) groups excluding carboxylic acids is 4. The number of hydrogen-bond acceptors (Lipinski definition) is 8.